The number of ether oxygens (including phenoxy) is 1. The van der Waals surface area contributed by atoms with Gasteiger partial charge in [0.2, 0.25) is 0 Å². The first-order chi connectivity index (χ1) is 11.6. The van der Waals surface area contributed by atoms with Gasteiger partial charge in [-0.3, -0.25) is 9.69 Å². The Balaban J connectivity index is 1.64. The minimum Gasteiger partial charge on any atom is -0.480 e. The van der Waals surface area contributed by atoms with Gasteiger partial charge in [0.05, 0.1) is 24.4 Å². The lowest BCUT2D eigenvalue weighted by Crippen LogP contribution is -2.44. The quantitative estimate of drug-likeness (QED) is 0.861. The number of aromatic nitrogens is 3. The highest BCUT2D eigenvalue weighted by atomic mass is 16.5. The van der Waals surface area contributed by atoms with Crippen LogP contribution < -0.4 is 0 Å². The average Bonchev–Trinajstić information content (AvgIpc) is 3.00. The van der Waals surface area contributed by atoms with Crippen molar-refractivity contribution in [2.24, 2.45) is 0 Å². The summed E-state index contributed by atoms with van der Waals surface area (Å²) in [4.78, 5) is 13.1. The van der Waals surface area contributed by atoms with Crippen molar-refractivity contribution in [3.63, 3.8) is 0 Å². The zero-order valence-electron chi connectivity index (χ0n) is 13.7. The fourth-order valence-electron chi connectivity index (χ4n) is 3.03. The number of rotatable bonds is 6. The molecule has 0 bridgehead atoms. The van der Waals surface area contributed by atoms with E-state index in [1.54, 1.807) is 6.20 Å². The Kier molecular flexibility index (Phi) is 5.22. The number of benzene rings is 1. The van der Waals surface area contributed by atoms with Gasteiger partial charge < -0.3 is 9.84 Å². The summed E-state index contributed by atoms with van der Waals surface area (Å²) in [7, 11) is 0. The van der Waals surface area contributed by atoms with Crippen LogP contribution in [0.5, 0.6) is 0 Å². The summed E-state index contributed by atoms with van der Waals surface area (Å²) in [6.45, 7) is 4.30. The summed E-state index contributed by atoms with van der Waals surface area (Å²) in [6, 6.07) is 10.6. The number of carboxylic acids is 1. The van der Waals surface area contributed by atoms with Crippen molar-refractivity contribution >= 4 is 5.97 Å². The monoisotopic (exact) mass is 330 g/mol. The van der Waals surface area contributed by atoms with E-state index < -0.39 is 5.97 Å². The first-order valence-electron chi connectivity index (χ1n) is 8.13. The molecule has 0 aliphatic carbocycles. The molecule has 1 aliphatic heterocycles. The van der Waals surface area contributed by atoms with Gasteiger partial charge in [0, 0.05) is 25.7 Å². The molecule has 2 unspecified atom stereocenters. The lowest BCUT2D eigenvalue weighted by Gasteiger charge is -2.38. The van der Waals surface area contributed by atoms with Gasteiger partial charge in [-0.25, -0.2) is 4.68 Å². The molecule has 2 atom stereocenters. The molecule has 1 aliphatic rings. The topological polar surface area (TPSA) is 80.5 Å². The van der Waals surface area contributed by atoms with Gasteiger partial charge >= 0.3 is 5.97 Å². The summed E-state index contributed by atoms with van der Waals surface area (Å²) in [5, 5.41) is 16.7. The van der Waals surface area contributed by atoms with Gasteiger partial charge in [0.15, 0.2) is 0 Å². The second kappa shape index (κ2) is 7.55. The molecule has 2 aromatic rings. The molecule has 1 N–H and O–H groups in total. The number of nitrogens with zero attached hydrogens (tertiary/aromatic N) is 4. The van der Waals surface area contributed by atoms with Gasteiger partial charge in [-0.15, -0.1) is 5.10 Å². The highest BCUT2D eigenvalue weighted by Gasteiger charge is 2.27. The number of carboxylic acid groups (broad SMARTS) is 1. The summed E-state index contributed by atoms with van der Waals surface area (Å²) < 4.78 is 7.19. The number of hydrogen-bond donors (Lipinski definition) is 1. The van der Waals surface area contributed by atoms with Crippen molar-refractivity contribution in [3.05, 3.63) is 47.8 Å². The third kappa shape index (κ3) is 4.18. The van der Waals surface area contributed by atoms with E-state index in [0.717, 1.165) is 25.2 Å². The Hall–Kier alpha value is -2.25. The Morgan fingerprint density at radius 3 is 2.92 bits per heavy atom. The molecule has 3 rings (SSSR count). The molecule has 0 spiro atoms. The molecule has 0 radical (unpaired) electrons. The van der Waals surface area contributed by atoms with Crippen molar-refractivity contribution in [3.8, 4) is 0 Å². The Morgan fingerprint density at radius 1 is 1.38 bits per heavy atom. The largest absolute Gasteiger partial charge is 0.480 e. The van der Waals surface area contributed by atoms with Crippen LogP contribution in [0.4, 0.5) is 0 Å². The predicted octanol–water partition coefficient (Wildman–Crippen LogP) is 1.37. The Morgan fingerprint density at radius 2 is 2.17 bits per heavy atom. The first kappa shape index (κ1) is 16.6. The number of hydrogen-bond acceptors (Lipinski definition) is 5. The molecule has 7 nitrogen and oxygen atoms in total. The van der Waals surface area contributed by atoms with Crippen molar-refractivity contribution in [2.45, 2.75) is 32.0 Å². The van der Waals surface area contributed by atoms with E-state index in [1.165, 1.54) is 10.2 Å². The maximum absolute atomic E-state index is 10.7. The Bertz CT molecular complexity index is 673. The average molecular weight is 330 g/mol. The fraction of sp³-hybridized carbons (Fsp3) is 0.471. The summed E-state index contributed by atoms with van der Waals surface area (Å²) >= 11 is 0. The molecule has 2 heterocycles. The van der Waals surface area contributed by atoms with Crippen LogP contribution >= 0.6 is 0 Å². The lowest BCUT2D eigenvalue weighted by molar-refractivity contribution is -0.137. The van der Waals surface area contributed by atoms with Crippen LogP contribution in [-0.4, -0.2) is 56.8 Å². The predicted molar refractivity (Wildman–Crippen MR) is 87.5 cm³/mol. The van der Waals surface area contributed by atoms with Crippen molar-refractivity contribution < 1.29 is 14.6 Å². The molecule has 24 heavy (non-hydrogen) atoms. The summed E-state index contributed by atoms with van der Waals surface area (Å²) in [5.74, 6) is -0.919. The van der Waals surface area contributed by atoms with E-state index >= 15 is 0 Å². The molecular weight excluding hydrogens is 308 g/mol. The highest BCUT2D eigenvalue weighted by Crippen LogP contribution is 2.26. The molecule has 128 valence electrons. The van der Waals surface area contributed by atoms with E-state index in [0.29, 0.717) is 6.61 Å². The van der Waals surface area contributed by atoms with E-state index in [1.807, 2.05) is 18.2 Å². The van der Waals surface area contributed by atoms with Crippen LogP contribution in [0.2, 0.25) is 0 Å². The zero-order valence-corrected chi connectivity index (χ0v) is 13.7. The molecule has 1 aromatic heterocycles. The molecule has 1 saturated heterocycles. The standard InChI is InChI=1S/C17H22N4O3/c1-13-9-20(16(12-24-13)14-5-3-2-4-6-14)8-7-15-10-21(19-18-15)11-17(22)23/h2-6,10,13,16H,7-9,11-12H2,1H3,(H,22,23). The number of morpholine rings is 1. The van der Waals surface area contributed by atoms with Crippen LogP contribution in [0.25, 0.3) is 0 Å². The van der Waals surface area contributed by atoms with Gasteiger partial charge in [0.25, 0.3) is 0 Å². The SMILES string of the molecule is CC1CN(CCc2cn(CC(=O)O)nn2)C(c2ccccc2)CO1. The van der Waals surface area contributed by atoms with Gasteiger partial charge in [0.1, 0.15) is 6.54 Å². The van der Waals surface area contributed by atoms with Crippen molar-refractivity contribution in [2.75, 3.05) is 19.7 Å². The highest BCUT2D eigenvalue weighted by molar-refractivity contribution is 5.66. The van der Waals surface area contributed by atoms with Crippen LogP contribution in [0, 0.1) is 0 Å². The van der Waals surface area contributed by atoms with E-state index in [2.05, 4.69) is 34.3 Å². The first-order valence-corrected chi connectivity index (χ1v) is 8.13. The molecule has 1 aromatic carbocycles. The second-order valence-electron chi connectivity index (χ2n) is 6.12. The zero-order chi connectivity index (χ0) is 16.9. The molecule has 0 saturated carbocycles. The van der Waals surface area contributed by atoms with E-state index in [9.17, 15) is 4.79 Å². The van der Waals surface area contributed by atoms with Gasteiger partial charge in [-0.2, -0.15) is 0 Å². The minimum atomic E-state index is -0.919. The van der Waals surface area contributed by atoms with Crippen LogP contribution in [0.15, 0.2) is 36.5 Å². The fourth-order valence-corrected chi connectivity index (χ4v) is 3.03. The Labute approximate surface area is 140 Å². The lowest BCUT2D eigenvalue weighted by atomic mass is 10.0. The third-order valence-electron chi connectivity index (χ3n) is 4.19. The van der Waals surface area contributed by atoms with Gasteiger partial charge in [-0.05, 0) is 12.5 Å². The second-order valence-corrected chi connectivity index (χ2v) is 6.12. The van der Waals surface area contributed by atoms with Crippen LogP contribution in [0.1, 0.15) is 24.2 Å². The van der Waals surface area contributed by atoms with Crippen LogP contribution in [0.3, 0.4) is 0 Å². The smallest absolute Gasteiger partial charge is 0.325 e. The van der Waals surface area contributed by atoms with E-state index in [4.69, 9.17) is 9.84 Å². The van der Waals surface area contributed by atoms with Crippen LogP contribution in [-0.2, 0) is 22.5 Å². The third-order valence-corrected chi connectivity index (χ3v) is 4.19. The number of aliphatic carboxylic acids is 1. The van der Waals surface area contributed by atoms with E-state index in [-0.39, 0.29) is 18.7 Å². The summed E-state index contributed by atoms with van der Waals surface area (Å²) in [5.41, 5.74) is 2.06. The maximum atomic E-state index is 10.7. The van der Waals surface area contributed by atoms with Gasteiger partial charge in [-0.1, -0.05) is 35.5 Å². The molecule has 1 fully saturated rings. The minimum absolute atomic E-state index is 0.159. The summed E-state index contributed by atoms with van der Waals surface area (Å²) in [6.07, 6.45) is 2.64. The normalized spacial score (nSPS) is 21.7. The molecule has 0 amide bonds. The maximum Gasteiger partial charge on any atom is 0.325 e. The number of carbonyl (C=O) groups is 1. The van der Waals surface area contributed by atoms with Crippen molar-refractivity contribution in [1.29, 1.82) is 0 Å². The molecular formula is C17H22N4O3. The molecule has 7 heteroatoms. The van der Waals surface area contributed by atoms with Crippen molar-refractivity contribution in [1.82, 2.24) is 19.9 Å².